The zero-order valence-corrected chi connectivity index (χ0v) is 44.4. The molecule has 82 heavy (non-hydrogen) atoms. The van der Waals surface area contributed by atoms with Gasteiger partial charge in [-0.2, -0.15) is 0 Å². The van der Waals surface area contributed by atoms with Gasteiger partial charge in [-0.1, -0.05) is 0 Å². The van der Waals surface area contributed by atoms with E-state index in [1.165, 1.54) is 13.8 Å². The van der Waals surface area contributed by atoms with Gasteiger partial charge < -0.3 is 169 Å². The van der Waals surface area contributed by atoms with Crippen molar-refractivity contribution in [3.8, 4) is 0 Å². The summed E-state index contributed by atoms with van der Waals surface area (Å²) in [6.07, 6.45) is -64.2. The molecule has 0 aromatic carbocycles. The molecule has 36 nitrogen and oxygen atoms in total. The Morgan fingerprint density at radius 3 is 1.24 bits per heavy atom. The first-order chi connectivity index (χ1) is 38.7. The van der Waals surface area contributed by atoms with Crippen molar-refractivity contribution >= 4 is 11.8 Å². The highest BCUT2D eigenvalue weighted by Gasteiger charge is 2.60. The van der Waals surface area contributed by atoms with Gasteiger partial charge in [0.05, 0.1) is 45.2 Å². The number of hydrogen-bond acceptors (Lipinski definition) is 34. The van der Waals surface area contributed by atoms with Gasteiger partial charge in [0, 0.05) is 13.8 Å². The van der Waals surface area contributed by atoms with E-state index < -0.39 is 260 Å². The molecule has 36 heteroatoms. The van der Waals surface area contributed by atoms with Gasteiger partial charge in [0.25, 0.3) is 0 Å². The molecule has 21 N–H and O–H groups in total. The van der Waals surface area contributed by atoms with Gasteiger partial charge in [-0.3, -0.25) is 9.59 Å². The number of ether oxygens (including phenoxy) is 13. The van der Waals surface area contributed by atoms with Gasteiger partial charge in [-0.25, -0.2) is 0 Å². The molecule has 0 saturated carbocycles. The third-order valence-electron chi connectivity index (χ3n) is 15.3. The Kier molecular flexibility index (Phi) is 23.5. The maximum atomic E-state index is 12.7. The summed E-state index contributed by atoms with van der Waals surface area (Å²) in [6, 6.07) is -3.32. The lowest BCUT2D eigenvalue weighted by atomic mass is 9.94. The van der Waals surface area contributed by atoms with Crippen LogP contribution >= 0.6 is 0 Å². The molecule has 7 aliphatic heterocycles. The number of amides is 2. The largest absolute Gasteiger partial charge is 0.394 e. The highest BCUT2D eigenvalue weighted by molar-refractivity contribution is 5.73. The second-order valence-corrected chi connectivity index (χ2v) is 21.0. The topological polar surface area (TPSA) is 563 Å². The number of nitrogens with one attached hydrogen (secondary N) is 2. The Hall–Kier alpha value is -2.34. The molecule has 0 spiro atoms. The Bertz CT molecular complexity index is 2030. The van der Waals surface area contributed by atoms with Crippen LogP contribution in [0.3, 0.4) is 0 Å². The number of carbonyl (C=O) groups excluding carboxylic acids is 2. The second kappa shape index (κ2) is 28.7. The van der Waals surface area contributed by atoms with Crippen LogP contribution in [0.4, 0.5) is 0 Å². The molecular weight excluding hydrogens is 1120 g/mol. The van der Waals surface area contributed by atoms with E-state index in [9.17, 15) is 107 Å². The Morgan fingerprint density at radius 1 is 0.341 bits per heavy atom. The summed E-state index contributed by atoms with van der Waals surface area (Å²) in [7, 11) is 0. The van der Waals surface area contributed by atoms with Gasteiger partial charge >= 0.3 is 0 Å². The Morgan fingerprint density at radius 2 is 0.720 bits per heavy atom. The Labute approximate surface area is 465 Å². The van der Waals surface area contributed by atoms with Crippen molar-refractivity contribution in [3.05, 3.63) is 0 Å². The first-order valence-corrected chi connectivity index (χ1v) is 26.3. The summed E-state index contributed by atoms with van der Waals surface area (Å²) in [4.78, 5) is 24.8. The smallest absolute Gasteiger partial charge is 0.217 e. The molecule has 0 aliphatic carbocycles. The lowest BCUT2D eigenvalue weighted by Crippen LogP contribution is -2.70. The van der Waals surface area contributed by atoms with E-state index in [2.05, 4.69) is 10.6 Å². The summed E-state index contributed by atoms with van der Waals surface area (Å²) in [5.74, 6) is -1.59. The monoisotopic (exact) mass is 1200 g/mol. The molecule has 476 valence electrons. The second-order valence-electron chi connectivity index (χ2n) is 21.0. The van der Waals surface area contributed by atoms with Crippen molar-refractivity contribution in [3.63, 3.8) is 0 Å². The standard InChI is InChI=1S/C46H78N2O34/c1-10-21(55)28(62)31(65)42(71-10)81-38-34(68)35(78-44-33(67)30(64)24(58)15(6-50)75-44)17(8-52)77-45(38)80-37-25(59)16(7-51)76-46(39(37)82-43-32(66)29(63)22(56)11(2)72-43)79-36-20(48-13(4)54)40(69)73-18(26(36)60)9-70-41-19(47-12(3)53)27(61)23(57)14(5-49)74-41/h10-11,14-46,49-52,55-69H,5-9H2,1-4H3,(H,47,53)(H,48,54)/t10-,11-,14+,15+,16+,17+,18+,19+,20+,21+,22+,23+,24-,25-,26-,27+,28+,29+,30-,31-,32-,33+,34-,35-,36+,37-,38+,39+,40-,41+,42-,43-,44+,45-,46-/m0/s1. The summed E-state index contributed by atoms with van der Waals surface area (Å²) in [5.41, 5.74) is 0. The SMILES string of the molecule is CC(=O)N[C@@H]1[C@@H](O[C@@H]2O[C@H](CO)[C@H](O)[C@H](O[C@@H]3O[C@H](CO)[C@H](O[C@H]4O[C@H](CO)[C@H](O)[C@H](O)[C@H]4O)[C@H](O)[C@H]3O[C@@H]3O[C@@H](C)[C@@H](O)[C@@H](O)[C@@H]3O)[C@H]2O[C@@H]2O[C@@H](C)[C@@H](O)[C@@H](O)[C@@H]2O)[C@@H](O)[C@@H](CO[C@@H]2O[C@H](CO)[C@@H](O)[C@H](O)[C@H]2NC(C)=O)O[C@@H]1O. The average Bonchev–Trinajstić information content (AvgIpc) is 3.63. The first-order valence-electron chi connectivity index (χ1n) is 26.3. The minimum absolute atomic E-state index is 0.726. The van der Waals surface area contributed by atoms with E-state index in [-0.39, 0.29) is 0 Å². The van der Waals surface area contributed by atoms with Crippen LogP contribution in [0.5, 0.6) is 0 Å². The molecule has 0 bridgehead atoms. The average molecular weight is 1200 g/mol. The van der Waals surface area contributed by atoms with Crippen LogP contribution in [0.25, 0.3) is 0 Å². The van der Waals surface area contributed by atoms with Crippen LogP contribution in [0, 0.1) is 0 Å². The summed E-state index contributed by atoms with van der Waals surface area (Å²) < 4.78 is 76.6. The van der Waals surface area contributed by atoms with E-state index in [0.29, 0.717) is 0 Å². The first kappa shape index (κ1) is 67.2. The quantitative estimate of drug-likeness (QED) is 0.0571. The number of rotatable bonds is 19. The maximum Gasteiger partial charge on any atom is 0.217 e. The molecule has 0 radical (unpaired) electrons. The maximum absolute atomic E-state index is 12.7. The zero-order chi connectivity index (χ0) is 60.5. The summed E-state index contributed by atoms with van der Waals surface area (Å²) >= 11 is 0. The highest BCUT2D eigenvalue weighted by Crippen LogP contribution is 2.39. The van der Waals surface area contributed by atoms with Gasteiger partial charge in [0.2, 0.25) is 11.8 Å². The summed E-state index contributed by atoms with van der Waals surface area (Å²) in [5, 5.41) is 212. The van der Waals surface area contributed by atoms with Crippen LogP contribution in [-0.2, 0) is 71.2 Å². The van der Waals surface area contributed by atoms with E-state index >= 15 is 0 Å². The van der Waals surface area contributed by atoms with Crippen molar-refractivity contribution in [2.24, 2.45) is 0 Å². The summed E-state index contributed by atoms with van der Waals surface area (Å²) in [6.45, 7) is -0.320. The third kappa shape index (κ3) is 14.3. The van der Waals surface area contributed by atoms with Crippen LogP contribution in [0.1, 0.15) is 27.7 Å². The van der Waals surface area contributed by atoms with Crippen molar-refractivity contribution in [2.75, 3.05) is 33.0 Å². The van der Waals surface area contributed by atoms with Gasteiger partial charge in [0.1, 0.15) is 159 Å². The van der Waals surface area contributed by atoms with Crippen molar-refractivity contribution in [1.82, 2.24) is 10.6 Å². The van der Waals surface area contributed by atoms with E-state index in [1.54, 1.807) is 0 Å². The molecule has 7 heterocycles. The van der Waals surface area contributed by atoms with E-state index in [1.807, 2.05) is 0 Å². The number of aliphatic hydroxyl groups excluding tert-OH is 19. The molecule has 7 saturated heterocycles. The predicted molar refractivity (Wildman–Crippen MR) is 252 cm³/mol. The Balaban J connectivity index is 1.26. The van der Waals surface area contributed by atoms with Crippen LogP contribution < -0.4 is 10.6 Å². The number of aliphatic hydroxyl groups is 19. The van der Waals surface area contributed by atoms with Gasteiger partial charge in [-0.15, -0.1) is 0 Å². The predicted octanol–water partition coefficient (Wildman–Crippen LogP) is -13.9. The minimum Gasteiger partial charge on any atom is -0.394 e. The van der Waals surface area contributed by atoms with Crippen molar-refractivity contribution in [1.29, 1.82) is 0 Å². The molecule has 2 amide bonds. The number of hydrogen-bond donors (Lipinski definition) is 21. The minimum atomic E-state index is -2.29. The molecule has 7 rings (SSSR count). The van der Waals surface area contributed by atoms with Crippen LogP contribution in [0.15, 0.2) is 0 Å². The molecule has 0 aromatic heterocycles. The fraction of sp³-hybridized carbons (Fsp3) is 0.957. The molecule has 0 unspecified atom stereocenters. The third-order valence-corrected chi connectivity index (χ3v) is 15.3. The van der Waals surface area contributed by atoms with Gasteiger partial charge in [0.15, 0.2) is 44.0 Å². The molecule has 7 fully saturated rings. The zero-order valence-electron chi connectivity index (χ0n) is 44.4. The van der Waals surface area contributed by atoms with Gasteiger partial charge in [-0.05, 0) is 13.8 Å². The molecule has 35 atom stereocenters. The molecule has 0 aromatic rings. The van der Waals surface area contributed by atoms with Crippen molar-refractivity contribution in [2.45, 2.75) is 243 Å². The lowest BCUT2D eigenvalue weighted by molar-refractivity contribution is -0.416. The normalized spacial score (nSPS) is 51.3. The van der Waals surface area contributed by atoms with E-state index in [0.717, 1.165) is 13.8 Å². The van der Waals surface area contributed by atoms with Crippen LogP contribution in [-0.4, -0.2) is 357 Å². The van der Waals surface area contributed by atoms with Crippen molar-refractivity contribution < 1.29 is 168 Å². The van der Waals surface area contributed by atoms with E-state index in [4.69, 9.17) is 61.6 Å². The van der Waals surface area contributed by atoms with Crippen LogP contribution in [0.2, 0.25) is 0 Å². The fourth-order valence-electron chi connectivity index (χ4n) is 10.5. The molecular formula is C46H78N2O34. The number of carbonyl (C=O) groups is 2. The highest BCUT2D eigenvalue weighted by atomic mass is 16.8. The fourth-order valence-corrected chi connectivity index (χ4v) is 10.5. The lowest BCUT2D eigenvalue weighted by Gasteiger charge is -2.52. The molecule has 7 aliphatic rings.